The monoisotopic (exact) mass is 174 g/mol. The minimum absolute atomic E-state index is 0. The molecule has 0 atom stereocenters. The van der Waals surface area contributed by atoms with Crippen LogP contribution in [0.15, 0.2) is 0 Å². The molecule has 4 heteroatoms. The second-order valence-corrected chi connectivity index (χ2v) is 0. The summed E-state index contributed by atoms with van der Waals surface area (Å²) in [6, 6.07) is 0. The van der Waals surface area contributed by atoms with Crippen LogP contribution in [0.1, 0.15) is 0 Å². The molecule has 0 aromatic rings. The van der Waals surface area contributed by atoms with Gasteiger partial charge in [0.05, 0.1) is 0 Å². The van der Waals surface area contributed by atoms with E-state index in [1.165, 1.54) is 19.2 Å². The van der Waals surface area contributed by atoms with Gasteiger partial charge in [-0.05, 0) is 0 Å². The third-order valence-electron chi connectivity index (χ3n) is 0. The predicted octanol–water partition coefficient (Wildman–Crippen LogP) is -0.776. The van der Waals surface area contributed by atoms with Crippen molar-refractivity contribution < 1.29 is 27.4 Å². The second kappa shape index (κ2) is 68.4. The third-order valence-corrected chi connectivity index (χ3v) is 0. The molecule has 1 radical (unpaired) electrons. The molecule has 0 aliphatic rings. The van der Waals surface area contributed by atoms with Gasteiger partial charge >= 0.3 is 22.6 Å². The summed E-state index contributed by atoms with van der Waals surface area (Å²) in [5.41, 5.74) is 0. The van der Waals surface area contributed by atoms with Crippen LogP contribution in [0.4, 0.5) is 0 Å². The van der Waals surface area contributed by atoms with Gasteiger partial charge in [-0.1, -0.05) is 0 Å². The molecule has 0 saturated heterocycles. The summed E-state index contributed by atoms with van der Waals surface area (Å²) < 4.78 is 8.10. The number of rotatable bonds is 0. The van der Waals surface area contributed by atoms with Gasteiger partial charge in [0.1, 0.15) is 0 Å². The van der Waals surface area contributed by atoms with Crippen molar-refractivity contribution in [1.82, 2.24) is 0 Å². The fraction of sp³-hybridized carbons (Fsp3) is 0. The molecule has 0 fully saturated rings. The van der Waals surface area contributed by atoms with E-state index in [2.05, 4.69) is 6.79 Å². The van der Waals surface area contributed by atoms with Gasteiger partial charge in [0.2, 0.25) is 0 Å². The van der Waals surface area contributed by atoms with Crippen molar-refractivity contribution in [2.45, 2.75) is 0 Å². The zero-order valence-electron chi connectivity index (χ0n) is 2.71. The molecular formula is CHNaO2Pd-. The van der Waals surface area contributed by atoms with Gasteiger partial charge in [0.25, 0.3) is 0 Å². The van der Waals surface area contributed by atoms with Crippen LogP contribution in [-0.2, 0) is 27.4 Å². The van der Waals surface area contributed by atoms with Crippen molar-refractivity contribution >= 4 is 36.3 Å². The molecule has 29 valence electrons. The Morgan fingerprint density at radius 2 is 1.20 bits per heavy atom. The van der Waals surface area contributed by atoms with Gasteiger partial charge in [-0.15, -0.1) is 0 Å². The molecule has 0 amide bonds. The summed E-state index contributed by atoms with van der Waals surface area (Å²) >= 11 is 1.50. The molecule has 0 N–H and O–H groups in total. The molecule has 0 aromatic carbocycles. The molecular weight excluding hydrogens is 173 g/mol. The molecule has 0 heterocycles. The first-order chi connectivity index (χ1) is 2.00. The van der Waals surface area contributed by atoms with E-state index in [0.29, 0.717) is 0 Å². The van der Waals surface area contributed by atoms with E-state index in [1.54, 1.807) is 0 Å². The molecule has 0 aliphatic heterocycles. The number of hydrogen-bond acceptors (Lipinski definition) is 2. The summed E-state index contributed by atoms with van der Waals surface area (Å²) in [6.45, 7) is 3.25. The zero-order chi connectivity index (χ0) is 4.00. The molecule has 0 aromatic heterocycles. The van der Waals surface area contributed by atoms with Gasteiger partial charge in [-0.3, -0.25) is 6.79 Å². The Hall–Kier alpha value is 1.13. The summed E-state index contributed by atoms with van der Waals surface area (Å²) in [5.74, 6) is 0. The van der Waals surface area contributed by atoms with Gasteiger partial charge in [-0.2, -0.15) is 0 Å². The summed E-state index contributed by atoms with van der Waals surface area (Å²) in [4.78, 5) is 7.75. The van der Waals surface area contributed by atoms with E-state index in [9.17, 15) is 0 Å². The molecule has 0 spiro atoms. The van der Waals surface area contributed by atoms with E-state index in [4.69, 9.17) is 8.26 Å². The first-order valence-corrected chi connectivity index (χ1v) is 0.999. The molecule has 0 rings (SSSR count). The number of carbonyl (C=O) groups excluding carboxylic acids is 1. The topological polar surface area (TPSA) is 34.1 Å². The van der Waals surface area contributed by atoms with E-state index >= 15 is 0 Å². The Balaban J connectivity index is -0.0000000133. The Labute approximate surface area is 63.3 Å². The van der Waals surface area contributed by atoms with Crippen molar-refractivity contribution in [2.75, 3.05) is 0 Å². The van der Waals surface area contributed by atoms with Crippen molar-refractivity contribution in [3.8, 4) is 0 Å². The van der Waals surface area contributed by atoms with Crippen LogP contribution in [0, 0.1) is 0 Å². The Morgan fingerprint density at radius 3 is 1.20 bits per heavy atom. The zero-order valence-corrected chi connectivity index (χ0v) is 6.26. The first-order valence-electron chi connectivity index (χ1n) is 0.365. The van der Waals surface area contributed by atoms with E-state index < -0.39 is 0 Å². The van der Waals surface area contributed by atoms with Crippen molar-refractivity contribution in [1.29, 1.82) is 0 Å². The second-order valence-electron chi connectivity index (χ2n) is 0. The van der Waals surface area contributed by atoms with Gasteiger partial charge in [0.15, 0.2) is 0 Å². The van der Waals surface area contributed by atoms with Crippen molar-refractivity contribution in [3.05, 3.63) is 0 Å². The minimum atomic E-state index is 0. The molecule has 0 bridgehead atoms. The van der Waals surface area contributed by atoms with Crippen LogP contribution in [0.3, 0.4) is 0 Å². The Kier molecular flexibility index (Phi) is 225. The van der Waals surface area contributed by atoms with Crippen LogP contribution in [0.25, 0.3) is 0 Å². The van der Waals surface area contributed by atoms with Crippen LogP contribution in [0.5, 0.6) is 0 Å². The van der Waals surface area contributed by atoms with E-state index in [1.807, 2.05) is 0 Å². The standard InChI is InChI=1S/CHO.Na.O.Pd/c1-2;;;/h1H;;;/q-1;;;. The van der Waals surface area contributed by atoms with Crippen LogP contribution < -0.4 is 0 Å². The van der Waals surface area contributed by atoms with Gasteiger partial charge in [0, 0.05) is 29.6 Å². The fourth-order valence-corrected chi connectivity index (χ4v) is 0. The molecule has 5 heavy (non-hydrogen) atoms. The van der Waals surface area contributed by atoms with Crippen molar-refractivity contribution in [3.63, 3.8) is 0 Å². The summed E-state index contributed by atoms with van der Waals surface area (Å²) in [5, 5.41) is 0. The van der Waals surface area contributed by atoms with Crippen LogP contribution in [-0.4, -0.2) is 36.3 Å². The van der Waals surface area contributed by atoms with Gasteiger partial charge in [-0.25, -0.2) is 0 Å². The Morgan fingerprint density at radius 1 is 1.20 bits per heavy atom. The van der Waals surface area contributed by atoms with Gasteiger partial charge < -0.3 is 4.79 Å². The fourth-order valence-electron chi connectivity index (χ4n) is 0. The predicted molar refractivity (Wildman–Crippen MR) is 13.2 cm³/mol. The van der Waals surface area contributed by atoms with E-state index in [0.717, 1.165) is 0 Å². The molecule has 2 nitrogen and oxygen atoms in total. The summed E-state index contributed by atoms with van der Waals surface area (Å²) in [7, 11) is 0. The maximum absolute atomic E-state index is 8.10. The Bertz CT molecular complexity index is 11.6. The first kappa shape index (κ1) is 16.5. The van der Waals surface area contributed by atoms with Crippen LogP contribution in [0.2, 0.25) is 0 Å². The third kappa shape index (κ3) is 39.3. The average Bonchev–Trinajstić information content (AvgIpc) is 1.50. The van der Waals surface area contributed by atoms with Crippen molar-refractivity contribution in [2.24, 2.45) is 0 Å². The normalized spacial score (nSPS) is 2.00. The molecule has 0 saturated carbocycles. The number of hydrogen-bond donors (Lipinski definition) is 0. The molecule has 0 aliphatic carbocycles. The van der Waals surface area contributed by atoms with E-state index in [-0.39, 0.29) is 29.6 Å². The van der Waals surface area contributed by atoms with Crippen LogP contribution >= 0.6 is 0 Å². The maximum atomic E-state index is 8.10. The molecule has 0 unspecified atom stereocenters. The average molecular weight is 174 g/mol. The quantitative estimate of drug-likeness (QED) is 0.274. The summed E-state index contributed by atoms with van der Waals surface area (Å²) in [6.07, 6.45) is 0. The SMILES string of the molecule is [CH-]=O.[Na].[O]=[Pd].